The zero-order valence-electron chi connectivity index (χ0n) is 21.4. The molecular formula is C30H30N4O4. The van der Waals surface area contributed by atoms with Crippen molar-refractivity contribution in [3.8, 4) is 22.8 Å². The number of hydrogen-bond donors (Lipinski definition) is 3. The molecule has 1 heterocycles. The molecule has 194 valence electrons. The number of phenols is 1. The molecule has 8 heteroatoms. The van der Waals surface area contributed by atoms with Gasteiger partial charge in [-0.25, -0.2) is 4.79 Å². The summed E-state index contributed by atoms with van der Waals surface area (Å²) >= 11 is 0. The van der Waals surface area contributed by atoms with E-state index in [4.69, 9.17) is 4.74 Å². The lowest BCUT2D eigenvalue weighted by atomic mass is 10.1. The molecule has 38 heavy (non-hydrogen) atoms. The topological polar surface area (TPSA) is 105 Å². The fraction of sp³-hybridized carbons (Fsp3) is 0.233. The maximum atomic E-state index is 13.1. The lowest BCUT2D eigenvalue weighted by Crippen LogP contribution is -2.30. The van der Waals surface area contributed by atoms with Crippen LogP contribution in [0.4, 0.5) is 10.5 Å². The highest BCUT2D eigenvalue weighted by Gasteiger charge is 2.31. The molecule has 3 N–H and O–H groups in total. The molecule has 1 saturated carbocycles. The highest BCUT2D eigenvalue weighted by Crippen LogP contribution is 2.42. The Morgan fingerprint density at radius 3 is 2.53 bits per heavy atom. The summed E-state index contributed by atoms with van der Waals surface area (Å²) in [7, 11) is 0. The van der Waals surface area contributed by atoms with Crippen LogP contribution < -0.4 is 15.4 Å². The Labute approximate surface area is 221 Å². The van der Waals surface area contributed by atoms with E-state index >= 15 is 0 Å². The van der Waals surface area contributed by atoms with Crippen LogP contribution in [0.2, 0.25) is 0 Å². The average molecular weight is 511 g/mol. The number of rotatable bonds is 8. The first-order chi connectivity index (χ1) is 18.4. The van der Waals surface area contributed by atoms with E-state index < -0.39 is 0 Å². The van der Waals surface area contributed by atoms with Gasteiger partial charge in [-0.3, -0.25) is 4.79 Å². The Bertz CT molecular complexity index is 1470. The quantitative estimate of drug-likeness (QED) is 0.258. The smallest absolute Gasteiger partial charge is 0.342 e. The number of amides is 2. The molecule has 2 amide bonds. The van der Waals surface area contributed by atoms with E-state index in [1.165, 1.54) is 10.7 Å². The molecule has 0 saturated heterocycles. The van der Waals surface area contributed by atoms with Crippen molar-refractivity contribution >= 4 is 17.6 Å². The van der Waals surface area contributed by atoms with Crippen molar-refractivity contribution in [2.24, 2.45) is 0 Å². The summed E-state index contributed by atoms with van der Waals surface area (Å²) in [5, 5.41) is 21.0. The Hall–Kier alpha value is -4.59. The largest absolute Gasteiger partial charge is 0.507 e. The fourth-order valence-corrected chi connectivity index (χ4v) is 4.31. The van der Waals surface area contributed by atoms with Crippen LogP contribution >= 0.6 is 0 Å². The Balaban J connectivity index is 1.36. The van der Waals surface area contributed by atoms with Crippen molar-refractivity contribution in [3.05, 3.63) is 95.2 Å². The van der Waals surface area contributed by atoms with Crippen molar-refractivity contribution in [1.29, 1.82) is 0 Å². The minimum Gasteiger partial charge on any atom is -0.507 e. The number of carbonyl (C=O) groups excluding carboxylic acids is 2. The summed E-state index contributed by atoms with van der Waals surface area (Å²) in [4.78, 5) is 25.9. The number of benzene rings is 3. The third kappa shape index (κ3) is 5.54. The van der Waals surface area contributed by atoms with Crippen LogP contribution in [0.5, 0.6) is 11.5 Å². The van der Waals surface area contributed by atoms with Crippen molar-refractivity contribution < 1.29 is 19.4 Å². The molecule has 3 aromatic carbocycles. The SMILES string of the molecule is CCOc1ccc(C(=O)Nc2ccc(O)c(-c3cc(C4CC4)n(C(=O)NCc4ccccc4C)n3)c2)cc1. The number of carbonyl (C=O) groups is 2. The first-order valence-corrected chi connectivity index (χ1v) is 12.7. The molecule has 0 aliphatic heterocycles. The van der Waals surface area contributed by atoms with E-state index in [1.54, 1.807) is 36.4 Å². The minimum absolute atomic E-state index is 0.0105. The standard InChI is InChI=1S/C30H30N4O4/c1-3-38-24-13-10-21(11-14-24)29(36)32-23-12-15-28(35)25(16-23)26-17-27(20-8-9-20)34(33-26)30(37)31-18-22-7-5-4-6-19(22)2/h4-7,10-17,20,35H,3,8-9,18H2,1-2H3,(H,31,37)(H,32,36). The molecule has 1 aromatic heterocycles. The summed E-state index contributed by atoms with van der Waals surface area (Å²) in [6.07, 6.45) is 1.97. The Morgan fingerprint density at radius 1 is 1.05 bits per heavy atom. The predicted molar refractivity (Wildman–Crippen MR) is 146 cm³/mol. The number of aromatic hydroxyl groups is 1. The number of aromatic nitrogens is 2. The van der Waals surface area contributed by atoms with E-state index in [1.807, 2.05) is 44.2 Å². The Morgan fingerprint density at radius 2 is 1.82 bits per heavy atom. The van der Waals surface area contributed by atoms with Crippen molar-refractivity contribution in [1.82, 2.24) is 15.1 Å². The monoisotopic (exact) mass is 510 g/mol. The summed E-state index contributed by atoms with van der Waals surface area (Å²) in [5.41, 5.74) is 4.83. The number of ether oxygens (including phenoxy) is 1. The highest BCUT2D eigenvalue weighted by molar-refractivity contribution is 6.04. The van der Waals surface area contributed by atoms with Gasteiger partial charge in [-0.05, 0) is 86.3 Å². The summed E-state index contributed by atoms with van der Waals surface area (Å²) in [6.45, 7) is 4.85. The van der Waals surface area contributed by atoms with Crippen LogP contribution in [0, 0.1) is 6.92 Å². The van der Waals surface area contributed by atoms with E-state index in [0.29, 0.717) is 41.4 Å². The van der Waals surface area contributed by atoms with Gasteiger partial charge in [-0.2, -0.15) is 9.78 Å². The van der Waals surface area contributed by atoms with Crippen LogP contribution in [0.3, 0.4) is 0 Å². The number of hydrogen-bond acceptors (Lipinski definition) is 5. The molecular weight excluding hydrogens is 480 g/mol. The van der Waals surface area contributed by atoms with Crippen LogP contribution in [0.1, 0.15) is 52.9 Å². The van der Waals surface area contributed by atoms with Crippen LogP contribution in [0.15, 0.2) is 72.8 Å². The van der Waals surface area contributed by atoms with Gasteiger partial charge in [-0.15, -0.1) is 0 Å². The molecule has 0 bridgehead atoms. The summed E-state index contributed by atoms with van der Waals surface area (Å²) in [5.74, 6) is 0.673. The molecule has 1 aliphatic rings. The van der Waals surface area contributed by atoms with Crippen LogP contribution in [-0.4, -0.2) is 33.4 Å². The third-order valence-corrected chi connectivity index (χ3v) is 6.57. The number of nitrogens with zero attached hydrogens (tertiary/aromatic N) is 2. The van der Waals surface area contributed by atoms with Gasteiger partial charge in [-0.1, -0.05) is 24.3 Å². The summed E-state index contributed by atoms with van der Waals surface area (Å²) < 4.78 is 6.83. The van der Waals surface area contributed by atoms with E-state index in [-0.39, 0.29) is 23.6 Å². The number of nitrogens with one attached hydrogen (secondary N) is 2. The molecule has 0 atom stereocenters. The third-order valence-electron chi connectivity index (χ3n) is 6.57. The molecule has 1 fully saturated rings. The molecule has 4 aromatic rings. The van der Waals surface area contributed by atoms with Gasteiger partial charge in [0.25, 0.3) is 5.91 Å². The maximum absolute atomic E-state index is 13.1. The number of phenolic OH excluding ortho intramolecular Hbond substituents is 1. The molecule has 5 rings (SSSR count). The van der Waals surface area contributed by atoms with Crippen LogP contribution in [0.25, 0.3) is 11.3 Å². The fourth-order valence-electron chi connectivity index (χ4n) is 4.31. The van der Waals surface area contributed by atoms with Gasteiger partial charge in [0.15, 0.2) is 0 Å². The second-order valence-electron chi connectivity index (χ2n) is 9.37. The molecule has 0 radical (unpaired) electrons. The van der Waals surface area contributed by atoms with Gasteiger partial charge < -0.3 is 20.5 Å². The predicted octanol–water partition coefficient (Wildman–Crippen LogP) is 5.85. The van der Waals surface area contributed by atoms with Crippen molar-refractivity contribution in [2.45, 2.75) is 39.2 Å². The Kier molecular flexibility index (Phi) is 7.13. The van der Waals surface area contributed by atoms with Crippen LogP contribution in [-0.2, 0) is 6.54 Å². The zero-order valence-corrected chi connectivity index (χ0v) is 21.4. The molecule has 0 unspecified atom stereocenters. The lowest BCUT2D eigenvalue weighted by Gasteiger charge is -2.10. The van der Waals surface area contributed by atoms with Gasteiger partial charge in [0.1, 0.15) is 11.5 Å². The van der Waals surface area contributed by atoms with Gasteiger partial charge in [0, 0.05) is 29.3 Å². The second kappa shape index (κ2) is 10.8. The highest BCUT2D eigenvalue weighted by atomic mass is 16.5. The van der Waals surface area contributed by atoms with Crippen molar-refractivity contribution in [3.63, 3.8) is 0 Å². The minimum atomic E-state index is -0.319. The molecule has 8 nitrogen and oxygen atoms in total. The van der Waals surface area contributed by atoms with E-state index in [0.717, 1.165) is 29.7 Å². The molecule has 1 aliphatic carbocycles. The van der Waals surface area contributed by atoms with Gasteiger partial charge >= 0.3 is 6.03 Å². The van der Waals surface area contributed by atoms with E-state index in [9.17, 15) is 14.7 Å². The average Bonchev–Trinajstić information content (AvgIpc) is 3.67. The van der Waals surface area contributed by atoms with E-state index in [2.05, 4.69) is 15.7 Å². The zero-order chi connectivity index (χ0) is 26.6. The molecule has 0 spiro atoms. The lowest BCUT2D eigenvalue weighted by molar-refractivity contribution is 0.102. The number of aryl methyl sites for hydroxylation is 1. The summed E-state index contributed by atoms with van der Waals surface area (Å²) in [6, 6.07) is 21.1. The van der Waals surface area contributed by atoms with Crippen molar-refractivity contribution in [2.75, 3.05) is 11.9 Å². The van der Waals surface area contributed by atoms with Gasteiger partial charge in [0.05, 0.1) is 18.0 Å². The first-order valence-electron chi connectivity index (χ1n) is 12.7. The second-order valence-corrected chi connectivity index (χ2v) is 9.37. The van der Waals surface area contributed by atoms with Gasteiger partial charge in [0.2, 0.25) is 0 Å². The number of anilines is 1. The first kappa shape index (κ1) is 25.1. The normalized spacial score (nSPS) is 12.7. The maximum Gasteiger partial charge on any atom is 0.342 e.